The van der Waals surface area contributed by atoms with E-state index in [2.05, 4.69) is 10.1 Å². The lowest BCUT2D eigenvalue weighted by Crippen LogP contribution is -2.29. The number of nitrogens with one attached hydrogen (secondary N) is 1. The van der Waals surface area contributed by atoms with Gasteiger partial charge in [-0.3, -0.25) is 9.59 Å². The van der Waals surface area contributed by atoms with Crippen LogP contribution in [0.1, 0.15) is 32.1 Å². The quantitative estimate of drug-likeness (QED) is 0.438. The van der Waals surface area contributed by atoms with Gasteiger partial charge in [0, 0.05) is 17.4 Å². The van der Waals surface area contributed by atoms with Crippen LogP contribution in [0, 0.1) is 0 Å². The van der Waals surface area contributed by atoms with E-state index in [0.29, 0.717) is 6.42 Å². The number of unbranched alkanes of at least 4 members (excludes halogenated alkanes) is 1. The van der Waals surface area contributed by atoms with Crippen LogP contribution in [0.4, 0.5) is 0 Å². The number of carbonyl (C=O) groups excluding carboxylic acids is 2. The molecular formula is C11H19NO3S2. The molecule has 1 N–H and O–H groups in total. The molecule has 1 saturated heterocycles. The molecule has 0 radical (unpaired) electrons. The number of ether oxygens (including phenoxy) is 1. The van der Waals surface area contributed by atoms with Gasteiger partial charge in [-0.05, 0) is 19.3 Å². The maximum atomic E-state index is 11.3. The third-order valence-corrected chi connectivity index (χ3v) is 5.57. The van der Waals surface area contributed by atoms with Gasteiger partial charge < -0.3 is 10.1 Å². The van der Waals surface area contributed by atoms with Crippen LogP contribution in [0.15, 0.2) is 0 Å². The van der Waals surface area contributed by atoms with Crippen LogP contribution < -0.4 is 5.32 Å². The predicted octanol–water partition coefficient (Wildman–Crippen LogP) is 1.99. The van der Waals surface area contributed by atoms with Gasteiger partial charge in [0.25, 0.3) is 0 Å². The number of rotatable bonds is 7. The zero-order valence-electron chi connectivity index (χ0n) is 10.1. The summed E-state index contributed by atoms with van der Waals surface area (Å²) in [4.78, 5) is 22.1. The van der Waals surface area contributed by atoms with Crippen molar-refractivity contribution in [3.05, 3.63) is 0 Å². The smallest absolute Gasteiger partial charge is 0.325 e. The Bertz CT molecular complexity index is 255. The average Bonchev–Trinajstić information content (AvgIpc) is 2.84. The van der Waals surface area contributed by atoms with Gasteiger partial charge in [-0.15, -0.1) is 0 Å². The highest BCUT2D eigenvalue weighted by Gasteiger charge is 2.15. The molecule has 98 valence electrons. The second kappa shape index (κ2) is 8.69. The van der Waals surface area contributed by atoms with E-state index in [9.17, 15) is 9.59 Å². The zero-order valence-corrected chi connectivity index (χ0v) is 11.7. The van der Waals surface area contributed by atoms with E-state index in [1.165, 1.54) is 25.7 Å². The lowest BCUT2D eigenvalue weighted by atomic mass is 10.1. The summed E-state index contributed by atoms with van der Waals surface area (Å²) < 4.78 is 4.44. The molecule has 0 spiro atoms. The van der Waals surface area contributed by atoms with Gasteiger partial charge in [0.05, 0.1) is 7.11 Å². The van der Waals surface area contributed by atoms with Crippen molar-refractivity contribution in [1.82, 2.24) is 5.32 Å². The number of hydrogen-bond donors (Lipinski definition) is 1. The first kappa shape index (κ1) is 14.7. The molecule has 1 aliphatic heterocycles. The fraction of sp³-hybridized carbons (Fsp3) is 0.818. The third kappa shape index (κ3) is 6.83. The van der Waals surface area contributed by atoms with Crippen molar-refractivity contribution in [2.45, 2.75) is 37.4 Å². The highest BCUT2D eigenvalue weighted by molar-refractivity contribution is 8.77. The van der Waals surface area contributed by atoms with Crippen molar-refractivity contribution in [3.8, 4) is 0 Å². The largest absolute Gasteiger partial charge is 0.468 e. The van der Waals surface area contributed by atoms with Crippen LogP contribution in [-0.2, 0) is 14.3 Å². The highest BCUT2D eigenvalue weighted by Crippen LogP contribution is 2.39. The lowest BCUT2D eigenvalue weighted by molar-refractivity contribution is -0.141. The zero-order chi connectivity index (χ0) is 12.5. The summed E-state index contributed by atoms with van der Waals surface area (Å²) in [7, 11) is 5.23. The molecule has 0 aromatic carbocycles. The molecule has 1 rings (SSSR count). The molecule has 17 heavy (non-hydrogen) atoms. The Balaban J connectivity index is 1.94. The molecule has 1 aliphatic rings. The third-order valence-electron chi connectivity index (χ3n) is 2.56. The molecule has 4 nitrogen and oxygen atoms in total. The Hall–Kier alpha value is -0.360. The van der Waals surface area contributed by atoms with Gasteiger partial charge in [0.2, 0.25) is 5.91 Å². The van der Waals surface area contributed by atoms with E-state index < -0.39 is 5.97 Å². The first-order chi connectivity index (χ1) is 8.22. The maximum Gasteiger partial charge on any atom is 0.325 e. The molecule has 0 bridgehead atoms. The predicted molar refractivity (Wildman–Crippen MR) is 71.9 cm³/mol. The maximum absolute atomic E-state index is 11.3. The van der Waals surface area contributed by atoms with E-state index in [-0.39, 0.29) is 12.5 Å². The summed E-state index contributed by atoms with van der Waals surface area (Å²) in [5, 5.41) is 3.32. The van der Waals surface area contributed by atoms with Gasteiger partial charge >= 0.3 is 5.97 Å². The summed E-state index contributed by atoms with van der Waals surface area (Å²) in [6.07, 6.45) is 4.98. The molecule has 0 aromatic rings. The standard InChI is InChI=1S/C11H19NO3S2/c1-15-11(14)8-12-10(13)5-3-2-4-9-6-7-16-17-9/h9H,2-8H2,1H3,(H,12,13)/t9-/m1/s1. The highest BCUT2D eigenvalue weighted by atomic mass is 33.1. The molecule has 0 aromatic heterocycles. The van der Waals surface area contributed by atoms with E-state index >= 15 is 0 Å². The number of carbonyl (C=O) groups is 2. The normalized spacial score (nSPS) is 19.0. The Labute approximate surface area is 110 Å². The Morgan fingerprint density at radius 1 is 1.41 bits per heavy atom. The van der Waals surface area contributed by atoms with Crippen LogP contribution in [0.5, 0.6) is 0 Å². The van der Waals surface area contributed by atoms with E-state index in [1.54, 1.807) is 0 Å². The van der Waals surface area contributed by atoms with Gasteiger partial charge in [-0.2, -0.15) is 0 Å². The van der Waals surface area contributed by atoms with Gasteiger partial charge in [0.1, 0.15) is 6.54 Å². The molecule has 6 heteroatoms. The Kier molecular flexibility index (Phi) is 7.51. The van der Waals surface area contributed by atoms with Crippen LogP contribution in [0.2, 0.25) is 0 Å². The van der Waals surface area contributed by atoms with E-state index in [1.807, 2.05) is 21.6 Å². The molecule has 0 saturated carbocycles. The topological polar surface area (TPSA) is 55.4 Å². The minimum Gasteiger partial charge on any atom is -0.468 e. The number of hydrogen-bond acceptors (Lipinski definition) is 5. The first-order valence-corrected chi connectivity index (χ1v) is 8.22. The SMILES string of the molecule is COC(=O)CNC(=O)CCCC[C@@H]1CCSS1. The number of methoxy groups -OCH3 is 1. The molecule has 0 aliphatic carbocycles. The average molecular weight is 277 g/mol. The Morgan fingerprint density at radius 3 is 2.88 bits per heavy atom. The van der Waals surface area contributed by atoms with E-state index in [0.717, 1.165) is 18.1 Å². The summed E-state index contributed by atoms with van der Waals surface area (Å²) in [6, 6.07) is 0. The molecule has 1 heterocycles. The fourth-order valence-corrected chi connectivity index (χ4v) is 4.58. The monoisotopic (exact) mass is 277 g/mol. The Morgan fingerprint density at radius 2 is 2.24 bits per heavy atom. The molecule has 0 unspecified atom stereocenters. The van der Waals surface area contributed by atoms with Crippen molar-refractivity contribution >= 4 is 33.5 Å². The van der Waals surface area contributed by atoms with Crippen LogP contribution >= 0.6 is 21.6 Å². The fourth-order valence-electron chi connectivity index (χ4n) is 1.55. The first-order valence-electron chi connectivity index (χ1n) is 5.84. The molecule has 1 atom stereocenters. The summed E-state index contributed by atoms with van der Waals surface area (Å²) in [5.74, 6) is 0.788. The number of esters is 1. The number of amides is 1. The van der Waals surface area contributed by atoms with Crippen LogP contribution in [0.25, 0.3) is 0 Å². The van der Waals surface area contributed by atoms with Crippen LogP contribution in [0.3, 0.4) is 0 Å². The summed E-state index contributed by atoms with van der Waals surface area (Å²) >= 11 is 0. The van der Waals surface area contributed by atoms with Crippen molar-refractivity contribution in [2.75, 3.05) is 19.4 Å². The van der Waals surface area contributed by atoms with E-state index in [4.69, 9.17) is 0 Å². The minimum absolute atomic E-state index is 0.0234. The van der Waals surface area contributed by atoms with Gasteiger partial charge in [-0.25, -0.2) is 0 Å². The van der Waals surface area contributed by atoms with Gasteiger partial charge in [-0.1, -0.05) is 28.0 Å². The molecule has 1 amide bonds. The minimum atomic E-state index is -0.405. The molecular weight excluding hydrogens is 258 g/mol. The second-order valence-electron chi connectivity index (χ2n) is 3.93. The molecule has 1 fully saturated rings. The van der Waals surface area contributed by atoms with Gasteiger partial charge in [0.15, 0.2) is 0 Å². The van der Waals surface area contributed by atoms with Crippen molar-refractivity contribution in [3.63, 3.8) is 0 Å². The van der Waals surface area contributed by atoms with Crippen LogP contribution in [-0.4, -0.2) is 36.5 Å². The lowest BCUT2D eigenvalue weighted by Gasteiger charge is -2.07. The van der Waals surface area contributed by atoms with Crippen molar-refractivity contribution < 1.29 is 14.3 Å². The summed E-state index contributed by atoms with van der Waals surface area (Å²) in [6.45, 7) is -0.0234. The van der Waals surface area contributed by atoms with Crippen molar-refractivity contribution in [1.29, 1.82) is 0 Å². The summed E-state index contributed by atoms with van der Waals surface area (Å²) in [5.41, 5.74) is 0. The second-order valence-corrected chi connectivity index (χ2v) is 6.72. The van der Waals surface area contributed by atoms with Crippen molar-refractivity contribution in [2.24, 2.45) is 0 Å².